The van der Waals surface area contributed by atoms with Crippen molar-refractivity contribution in [3.8, 4) is 33.4 Å². The molecule has 3 heteroatoms. The predicted molar refractivity (Wildman–Crippen MR) is 183 cm³/mol. The summed E-state index contributed by atoms with van der Waals surface area (Å²) in [5, 5.41) is 2.19. The molecule has 0 fully saturated rings. The van der Waals surface area contributed by atoms with E-state index in [1.807, 2.05) is 30.5 Å². The lowest BCUT2D eigenvalue weighted by Crippen LogP contribution is -2.11. The molecular weight excluding hydrogens is 536 g/mol. The molecule has 0 amide bonds. The highest BCUT2D eigenvalue weighted by molar-refractivity contribution is 6.06. The predicted octanol–water partition coefficient (Wildman–Crippen LogP) is 11.5. The van der Waals surface area contributed by atoms with Gasteiger partial charge >= 0.3 is 0 Å². The van der Waals surface area contributed by atoms with E-state index in [4.69, 9.17) is 9.40 Å². The Morgan fingerprint density at radius 1 is 0.386 bits per heavy atom. The van der Waals surface area contributed by atoms with Gasteiger partial charge in [-0.3, -0.25) is 4.90 Å². The van der Waals surface area contributed by atoms with Gasteiger partial charge < -0.3 is 4.42 Å². The van der Waals surface area contributed by atoms with Crippen molar-refractivity contribution in [1.82, 2.24) is 4.98 Å². The topological polar surface area (TPSA) is 29.3 Å². The van der Waals surface area contributed by atoms with Gasteiger partial charge in [-0.25, -0.2) is 4.98 Å². The average Bonchev–Trinajstić information content (AvgIpc) is 3.48. The summed E-state index contributed by atoms with van der Waals surface area (Å²) in [6.07, 6.45) is 1.96. The molecule has 3 nitrogen and oxygen atoms in total. The molecule has 0 saturated heterocycles. The molecule has 0 aliphatic carbocycles. The van der Waals surface area contributed by atoms with Gasteiger partial charge in [0.15, 0.2) is 0 Å². The highest BCUT2D eigenvalue weighted by atomic mass is 16.3. The van der Waals surface area contributed by atoms with Gasteiger partial charge in [0.1, 0.15) is 17.0 Å². The lowest BCUT2D eigenvalue weighted by atomic mass is 10.0. The molecule has 0 unspecified atom stereocenters. The van der Waals surface area contributed by atoms with Crippen LogP contribution in [-0.2, 0) is 0 Å². The minimum Gasteiger partial charge on any atom is -0.456 e. The zero-order valence-corrected chi connectivity index (χ0v) is 24.0. The Kier molecular flexibility index (Phi) is 6.47. The summed E-state index contributed by atoms with van der Waals surface area (Å²) >= 11 is 0. The number of anilines is 3. The van der Waals surface area contributed by atoms with Crippen LogP contribution in [0, 0.1) is 0 Å². The molecule has 0 radical (unpaired) electrons. The van der Waals surface area contributed by atoms with Crippen LogP contribution in [0.3, 0.4) is 0 Å². The van der Waals surface area contributed by atoms with Crippen LogP contribution < -0.4 is 4.90 Å². The molecule has 208 valence electrons. The second kappa shape index (κ2) is 11.0. The van der Waals surface area contributed by atoms with Crippen molar-refractivity contribution in [2.75, 3.05) is 4.90 Å². The maximum atomic E-state index is 6.13. The fourth-order valence-electron chi connectivity index (χ4n) is 5.88. The fourth-order valence-corrected chi connectivity index (χ4v) is 5.88. The minimum atomic E-state index is 0.842. The average molecular weight is 565 g/mol. The van der Waals surface area contributed by atoms with E-state index in [-0.39, 0.29) is 0 Å². The van der Waals surface area contributed by atoms with Gasteiger partial charge in [0.25, 0.3) is 0 Å². The van der Waals surface area contributed by atoms with Crippen molar-refractivity contribution in [1.29, 1.82) is 0 Å². The molecule has 44 heavy (non-hydrogen) atoms. The van der Waals surface area contributed by atoms with E-state index in [0.29, 0.717) is 0 Å². The number of hydrogen-bond donors (Lipinski definition) is 0. The Labute approximate surface area is 256 Å². The lowest BCUT2D eigenvalue weighted by Gasteiger charge is -2.25. The molecule has 8 rings (SSSR count). The third-order valence-electron chi connectivity index (χ3n) is 8.15. The number of para-hydroxylation sites is 1. The number of rotatable bonds is 6. The van der Waals surface area contributed by atoms with Gasteiger partial charge in [0, 0.05) is 33.9 Å². The van der Waals surface area contributed by atoms with Crippen molar-refractivity contribution < 1.29 is 4.42 Å². The molecule has 8 aromatic rings. The van der Waals surface area contributed by atoms with Gasteiger partial charge in [0.05, 0.1) is 0 Å². The first kappa shape index (κ1) is 25.8. The Balaban J connectivity index is 1.18. The molecule has 2 heterocycles. The normalized spacial score (nSPS) is 11.2. The van der Waals surface area contributed by atoms with Crippen LogP contribution in [0.4, 0.5) is 17.2 Å². The van der Waals surface area contributed by atoms with Gasteiger partial charge in [0.2, 0.25) is 0 Å². The van der Waals surface area contributed by atoms with Crippen LogP contribution in [0.15, 0.2) is 174 Å². The van der Waals surface area contributed by atoms with Gasteiger partial charge in [-0.15, -0.1) is 0 Å². The van der Waals surface area contributed by atoms with Crippen LogP contribution in [-0.4, -0.2) is 4.98 Å². The summed E-state index contributed by atoms with van der Waals surface area (Å²) in [7, 11) is 0. The first-order chi connectivity index (χ1) is 21.8. The molecule has 0 aliphatic heterocycles. The van der Waals surface area contributed by atoms with E-state index in [2.05, 4.69) is 144 Å². The molecule has 2 aromatic heterocycles. The van der Waals surface area contributed by atoms with Crippen molar-refractivity contribution in [3.05, 3.63) is 170 Å². The largest absolute Gasteiger partial charge is 0.456 e. The summed E-state index contributed by atoms with van der Waals surface area (Å²) in [6.45, 7) is 0. The van der Waals surface area contributed by atoms with E-state index in [1.165, 1.54) is 22.3 Å². The molecule has 0 aliphatic rings. The lowest BCUT2D eigenvalue weighted by molar-refractivity contribution is 0.669. The number of hydrogen-bond acceptors (Lipinski definition) is 3. The smallest absolute Gasteiger partial charge is 0.137 e. The summed E-state index contributed by atoms with van der Waals surface area (Å²) in [4.78, 5) is 7.21. The highest BCUT2D eigenvalue weighted by Gasteiger charge is 2.17. The number of fused-ring (bicyclic) bond motifs is 3. The van der Waals surface area contributed by atoms with Crippen LogP contribution in [0.25, 0.3) is 55.3 Å². The standard InChI is InChI=1S/C41H28N2O/c1-3-9-29(10-4-1)31-15-17-33(18-16-31)34-21-26-41(42-28-34)43(35-22-19-32(20-23-35)30-11-5-2-6-12-30)36-24-25-40-38(27-36)37-13-7-8-14-39(37)44-40/h1-28H. The maximum absolute atomic E-state index is 6.13. The van der Waals surface area contributed by atoms with E-state index >= 15 is 0 Å². The SMILES string of the molecule is c1ccc(-c2ccc(-c3ccc(N(c4ccc(-c5ccccc5)cc4)c4ccc5oc6ccccc6c5c4)nc3)cc2)cc1. The van der Waals surface area contributed by atoms with E-state index in [0.717, 1.165) is 50.3 Å². The second-order valence-electron chi connectivity index (χ2n) is 10.9. The summed E-state index contributed by atoms with van der Waals surface area (Å²) in [6, 6.07) is 57.0. The summed E-state index contributed by atoms with van der Waals surface area (Å²) in [5.74, 6) is 0.842. The molecule has 0 saturated carbocycles. The first-order valence-corrected chi connectivity index (χ1v) is 14.8. The summed E-state index contributed by atoms with van der Waals surface area (Å²) < 4.78 is 6.13. The monoisotopic (exact) mass is 564 g/mol. The number of nitrogens with zero attached hydrogens (tertiary/aromatic N) is 2. The second-order valence-corrected chi connectivity index (χ2v) is 10.9. The zero-order valence-electron chi connectivity index (χ0n) is 24.0. The Hall–Kier alpha value is -5.93. The van der Waals surface area contributed by atoms with E-state index in [1.54, 1.807) is 0 Å². The Morgan fingerprint density at radius 2 is 0.886 bits per heavy atom. The number of furan rings is 1. The van der Waals surface area contributed by atoms with Crippen LogP contribution in [0.5, 0.6) is 0 Å². The highest BCUT2D eigenvalue weighted by Crippen LogP contribution is 2.39. The molecule has 0 bridgehead atoms. The Morgan fingerprint density at radius 3 is 1.52 bits per heavy atom. The van der Waals surface area contributed by atoms with Gasteiger partial charge in [-0.05, 0) is 76.3 Å². The zero-order chi connectivity index (χ0) is 29.3. The number of pyridine rings is 1. The first-order valence-electron chi connectivity index (χ1n) is 14.8. The van der Waals surface area contributed by atoms with Crippen LogP contribution in [0.2, 0.25) is 0 Å². The maximum Gasteiger partial charge on any atom is 0.137 e. The van der Waals surface area contributed by atoms with Crippen molar-refractivity contribution in [2.45, 2.75) is 0 Å². The molecule has 6 aromatic carbocycles. The van der Waals surface area contributed by atoms with E-state index < -0.39 is 0 Å². The Bertz CT molecular complexity index is 2180. The number of benzene rings is 6. The third kappa shape index (κ3) is 4.81. The molecular formula is C41H28N2O. The van der Waals surface area contributed by atoms with Crippen molar-refractivity contribution in [3.63, 3.8) is 0 Å². The fraction of sp³-hybridized carbons (Fsp3) is 0. The van der Waals surface area contributed by atoms with Crippen LogP contribution in [0.1, 0.15) is 0 Å². The van der Waals surface area contributed by atoms with E-state index in [9.17, 15) is 0 Å². The molecule has 0 N–H and O–H groups in total. The van der Waals surface area contributed by atoms with Crippen molar-refractivity contribution >= 4 is 39.1 Å². The molecule has 0 spiro atoms. The number of aromatic nitrogens is 1. The van der Waals surface area contributed by atoms with Gasteiger partial charge in [-0.2, -0.15) is 0 Å². The third-order valence-corrected chi connectivity index (χ3v) is 8.15. The quantitative estimate of drug-likeness (QED) is 0.201. The minimum absolute atomic E-state index is 0.842. The summed E-state index contributed by atoms with van der Waals surface area (Å²) in [5.41, 5.74) is 10.8. The molecule has 0 atom stereocenters. The van der Waals surface area contributed by atoms with Gasteiger partial charge in [-0.1, -0.05) is 115 Å². The van der Waals surface area contributed by atoms with Crippen molar-refractivity contribution in [2.24, 2.45) is 0 Å². The van der Waals surface area contributed by atoms with Crippen LogP contribution >= 0.6 is 0 Å².